The summed E-state index contributed by atoms with van der Waals surface area (Å²) in [6, 6.07) is 10.9. The van der Waals surface area contributed by atoms with Crippen molar-refractivity contribution < 1.29 is 31.1 Å². The third-order valence-corrected chi connectivity index (χ3v) is 6.66. The second-order valence-electron chi connectivity index (χ2n) is 6.97. The second kappa shape index (κ2) is 8.33. The van der Waals surface area contributed by atoms with Gasteiger partial charge in [-0.2, -0.15) is 13.2 Å². The molecule has 5 nitrogen and oxygen atoms in total. The number of nitrogens with one attached hydrogen (secondary N) is 1. The lowest BCUT2D eigenvalue weighted by Crippen LogP contribution is -2.44. The molecule has 1 N–H and O–H groups in total. The van der Waals surface area contributed by atoms with Crippen molar-refractivity contribution in [2.45, 2.75) is 29.3 Å². The van der Waals surface area contributed by atoms with Crippen LogP contribution in [-0.2, 0) is 26.4 Å². The van der Waals surface area contributed by atoms with Crippen LogP contribution in [0, 0.1) is 0 Å². The van der Waals surface area contributed by atoms with E-state index in [2.05, 4.69) is 4.72 Å². The van der Waals surface area contributed by atoms with Crippen molar-refractivity contribution >= 4 is 10.0 Å². The van der Waals surface area contributed by atoms with Crippen LogP contribution in [0.25, 0.3) is 0 Å². The molecule has 3 rings (SSSR count). The first-order valence-electron chi connectivity index (χ1n) is 9.06. The molecule has 1 aliphatic rings. The quantitative estimate of drug-likeness (QED) is 0.760. The van der Waals surface area contributed by atoms with Crippen LogP contribution in [0.15, 0.2) is 53.4 Å². The summed E-state index contributed by atoms with van der Waals surface area (Å²) in [6.07, 6.45) is -3.28. The Morgan fingerprint density at radius 1 is 1.03 bits per heavy atom. The summed E-state index contributed by atoms with van der Waals surface area (Å²) in [5, 5.41) is 0. The first-order valence-corrected chi connectivity index (χ1v) is 10.5. The first-order chi connectivity index (χ1) is 13.7. The maximum absolute atomic E-state index is 12.7. The van der Waals surface area contributed by atoms with E-state index in [1.807, 2.05) is 24.3 Å². The van der Waals surface area contributed by atoms with Crippen LogP contribution in [0.2, 0.25) is 0 Å². The summed E-state index contributed by atoms with van der Waals surface area (Å²) in [6.45, 7) is 1.11. The van der Waals surface area contributed by atoms with Gasteiger partial charge in [0.2, 0.25) is 10.0 Å². The highest BCUT2D eigenvalue weighted by molar-refractivity contribution is 7.89. The van der Waals surface area contributed by atoms with Crippen LogP contribution < -0.4 is 9.46 Å². The van der Waals surface area contributed by atoms with Gasteiger partial charge in [0.15, 0.2) is 0 Å². The van der Waals surface area contributed by atoms with E-state index >= 15 is 0 Å². The SMILES string of the molecule is COc1ccc(C2(CNS(=O)(=O)c3ccc(C(F)(F)F)cc3)CCOCC2)cc1. The molecule has 2 aromatic carbocycles. The van der Waals surface area contributed by atoms with Gasteiger partial charge < -0.3 is 9.47 Å². The molecule has 158 valence electrons. The molecule has 0 spiro atoms. The summed E-state index contributed by atoms with van der Waals surface area (Å²) < 4.78 is 76.7. The Morgan fingerprint density at radius 2 is 1.62 bits per heavy atom. The van der Waals surface area contributed by atoms with Gasteiger partial charge in [-0.15, -0.1) is 0 Å². The summed E-state index contributed by atoms with van der Waals surface area (Å²) >= 11 is 0. The van der Waals surface area contributed by atoms with Gasteiger partial charge in [-0.05, 0) is 54.8 Å². The van der Waals surface area contributed by atoms with E-state index in [1.165, 1.54) is 0 Å². The van der Waals surface area contributed by atoms with E-state index < -0.39 is 27.2 Å². The van der Waals surface area contributed by atoms with Crippen molar-refractivity contribution in [3.63, 3.8) is 0 Å². The summed E-state index contributed by atoms with van der Waals surface area (Å²) in [7, 11) is -2.40. The van der Waals surface area contributed by atoms with Crippen molar-refractivity contribution in [2.24, 2.45) is 0 Å². The summed E-state index contributed by atoms with van der Waals surface area (Å²) in [5.41, 5.74) is -0.406. The Balaban J connectivity index is 1.81. The van der Waals surface area contributed by atoms with Crippen molar-refractivity contribution in [1.82, 2.24) is 4.72 Å². The molecule has 1 saturated heterocycles. The molecule has 2 aromatic rings. The fourth-order valence-electron chi connectivity index (χ4n) is 3.41. The summed E-state index contributed by atoms with van der Waals surface area (Å²) in [5.74, 6) is 0.696. The molecule has 0 aliphatic carbocycles. The molecule has 0 unspecified atom stereocenters. The molecule has 1 heterocycles. The van der Waals surface area contributed by atoms with Gasteiger partial charge in [-0.25, -0.2) is 13.1 Å². The van der Waals surface area contributed by atoms with E-state index in [-0.39, 0.29) is 11.4 Å². The highest BCUT2D eigenvalue weighted by atomic mass is 32.2. The number of hydrogen-bond acceptors (Lipinski definition) is 4. The molecular weight excluding hydrogens is 407 g/mol. The van der Waals surface area contributed by atoms with Gasteiger partial charge in [-0.1, -0.05) is 12.1 Å². The standard InChI is InChI=1S/C20H22F3NO4S/c1-27-17-6-2-15(3-7-17)19(10-12-28-13-11-19)14-24-29(25,26)18-8-4-16(5-9-18)20(21,22)23/h2-9,24H,10-14H2,1H3. The lowest BCUT2D eigenvalue weighted by Gasteiger charge is -2.38. The van der Waals surface area contributed by atoms with Gasteiger partial charge >= 0.3 is 6.18 Å². The normalized spacial score (nSPS) is 17.1. The average molecular weight is 429 g/mol. The van der Waals surface area contributed by atoms with Crippen molar-refractivity contribution in [2.75, 3.05) is 26.9 Å². The van der Waals surface area contributed by atoms with Gasteiger partial charge in [0.1, 0.15) is 5.75 Å². The Hall–Kier alpha value is -2.10. The zero-order valence-corrected chi connectivity index (χ0v) is 16.6. The number of benzene rings is 2. The van der Waals surface area contributed by atoms with Crippen LogP contribution in [-0.4, -0.2) is 35.3 Å². The third-order valence-electron chi connectivity index (χ3n) is 5.24. The highest BCUT2D eigenvalue weighted by Crippen LogP contribution is 2.36. The molecule has 1 aliphatic heterocycles. The Bertz CT molecular complexity index is 920. The highest BCUT2D eigenvalue weighted by Gasteiger charge is 2.36. The van der Waals surface area contributed by atoms with E-state index in [9.17, 15) is 21.6 Å². The van der Waals surface area contributed by atoms with E-state index in [1.54, 1.807) is 7.11 Å². The molecule has 0 atom stereocenters. The predicted octanol–water partition coefficient (Wildman–Crippen LogP) is 3.74. The largest absolute Gasteiger partial charge is 0.497 e. The number of halogens is 3. The maximum Gasteiger partial charge on any atom is 0.416 e. The van der Waals surface area contributed by atoms with E-state index in [4.69, 9.17) is 9.47 Å². The van der Waals surface area contributed by atoms with Crippen LogP contribution >= 0.6 is 0 Å². The minimum Gasteiger partial charge on any atom is -0.497 e. The van der Waals surface area contributed by atoms with Crippen LogP contribution in [0.3, 0.4) is 0 Å². The first kappa shape index (κ1) is 21.6. The molecule has 0 amide bonds. The Labute approximate surface area is 167 Å². The zero-order chi connectivity index (χ0) is 21.1. The fraction of sp³-hybridized carbons (Fsp3) is 0.400. The molecule has 1 fully saturated rings. The second-order valence-corrected chi connectivity index (χ2v) is 8.73. The number of methoxy groups -OCH3 is 1. The van der Waals surface area contributed by atoms with Crippen LogP contribution in [0.4, 0.5) is 13.2 Å². The smallest absolute Gasteiger partial charge is 0.416 e. The molecule has 9 heteroatoms. The number of sulfonamides is 1. The summed E-state index contributed by atoms with van der Waals surface area (Å²) in [4.78, 5) is -0.206. The van der Waals surface area contributed by atoms with Gasteiger partial charge in [0, 0.05) is 25.2 Å². The molecule has 0 radical (unpaired) electrons. The Morgan fingerprint density at radius 3 is 2.14 bits per heavy atom. The number of hydrogen-bond donors (Lipinski definition) is 1. The molecule has 0 saturated carbocycles. The molecular formula is C20H22F3NO4S. The van der Waals surface area contributed by atoms with Crippen molar-refractivity contribution in [1.29, 1.82) is 0 Å². The van der Waals surface area contributed by atoms with E-state index in [0.717, 1.165) is 29.8 Å². The number of ether oxygens (including phenoxy) is 2. The lowest BCUT2D eigenvalue weighted by molar-refractivity contribution is -0.137. The van der Waals surface area contributed by atoms with Crippen molar-refractivity contribution in [3.05, 3.63) is 59.7 Å². The molecule has 0 aromatic heterocycles. The maximum atomic E-state index is 12.7. The fourth-order valence-corrected chi connectivity index (χ4v) is 4.54. The Kier molecular flexibility index (Phi) is 6.21. The molecule has 29 heavy (non-hydrogen) atoms. The monoisotopic (exact) mass is 429 g/mol. The predicted molar refractivity (Wildman–Crippen MR) is 101 cm³/mol. The van der Waals surface area contributed by atoms with Crippen LogP contribution in [0.1, 0.15) is 24.0 Å². The topological polar surface area (TPSA) is 64.6 Å². The minimum atomic E-state index is -4.52. The number of alkyl halides is 3. The average Bonchev–Trinajstić information content (AvgIpc) is 2.72. The number of rotatable bonds is 6. The lowest BCUT2D eigenvalue weighted by atomic mass is 9.74. The van der Waals surface area contributed by atoms with Crippen molar-refractivity contribution in [3.8, 4) is 5.75 Å². The van der Waals surface area contributed by atoms with Crippen LogP contribution in [0.5, 0.6) is 5.75 Å². The molecule has 0 bridgehead atoms. The van der Waals surface area contributed by atoms with E-state index in [0.29, 0.717) is 31.8 Å². The third kappa shape index (κ3) is 4.91. The van der Waals surface area contributed by atoms with Gasteiger partial charge in [0.05, 0.1) is 17.6 Å². The van der Waals surface area contributed by atoms with Gasteiger partial charge in [0.25, 0.3) is 0 Å². The zero-order valence-electron chi connectivity index (χ0n) is 15.8. The van der Waals surface area contributed by atoms with Gasteiger partial charge in [-0.3, -0.25) is 0 Å². The minimum absolute atomic E-state index is 0.117.